The molecule has 1 saturated carbocycles. The normalized spacial score (nSPS) is 20.2. The minimum absolute atomic E-state index is 0.412. The van der Waals surface area contributed by atoms with Gasteiger partial charge in [-0.25, -0.2) is 4.99 Å². The number of guanidine groups is 1. The summed E-state index contributed by atoms with van der Waals surface area (Å²) in [4.78, 5) is 8.92. The van der Waals surface area contributed by atoms with E-state index in [9.17, 15) is 0 Å². The maximum absolute atomic E-state index is 6.07. The summed E-state index contributed by atoms with van der Waals surface area (Å²) in [6, 6.07) is 14.4. The molecule has 2 unspecified atom stereocenters. The summed E-state index contributed by atoms with van der Waals surface area (Å²) >= 11 is 6.07. The van der Waals surface area contributed by atoms with E-state index in [-0.39, 0.29) is 0 Å². The van der Waals surface area contributed by atoms with Gasteiger partial charge in [0.2, 0.25) is 0 Å². The third-order valence-electron chi connectivity index (χ3n) is 3.86. The molecular formula is C18H21ClN4. The number of pyridine rings is 1. The molecule has 1 aromatic heterocycles. The lowest BCUT2D eigenvalue weighted by molar-refractivity contribution is 0.792. The van der Waals surface area contributed by atoms with Crippen LogP contribution in [0.15, 0.2) is 53.7 Å². The van der Waals surface area contributed by atoms with Crippen LogP contribution >= 0.6 is 11.6 Å². The molecule has 2 atom stereocenters. The van der Waals surface area contributed by atoms with E-state index >= 15 is 0 Å². The largest absolute Gasteiger partial charge is 0.357 e. The summed E-state index contributed by atoms with van der Waals surface area (Å²) in [7, 11) is 0. The second-order valence-electron chi connectivity index (χ2n) is 5.66. The molecule has 2 aromatic rings. The van der Waals surface area contributed by atoms with Crippen molar-refractivity contribution in [2.45, 2.75) is 31.8 Å². The van der Waals surface area contributed by atoms with E-state index in [1.165, 1.54) is 5.56 Å². The van der Waals surface area contributed by atoms with Crippen LogP contribution in [0.4, 0.5) is 0 Å². The molecule has 120 valence electrons. The Bertz CT molecular complexity index is 672. The van der Waals surface area contributed by atoms with Gasteiger partial charge in [0.05, 0.1) is 12.2 Å². The van der Waals surface area contributed by atoms with E-state index < -0.39 is 0 Å². The van der Waals surface area contributed by atoms with E-state index in [1.807, 2.05) is 36.4 Å². The van der Waals surface area contributed by atoms with Crippen molar-refractivity contribution in [2.24, 2.45) is 4.99 Å². The van der Waals surface area contributed by atoms with Crippen molar-refractivity contribution >= 4 is 17.6 Å². The summed E-state index contributed by atoms with van der Waals surface area (Å²) in [6.45, 7) is 3.48. The molecule has 0 spiro atoms. The van der Waals surface area contributed by atoms with Crippen molar-refractivity contribution in [3.8, 4) is 0 Å². The Balaban J connectivity index is 1.60. The maximum Gasteiger partial charge on any atom is 0.191 e. The molecule has 1 aliphatic rings. The average molecular weight is 329 g/mol. The number of nitrogens with zero attached hydrogens (tertiary/aromatic N) is 2. The zero-order chi connectivity index (χ0) is 16.1. The Morgan fingerprint density at radius 1 is 1.30 bits per heavy atom. The number of aliphatic imine (C=N–C) groups is 1. The topological polar surface area (TPSA) is 49.3 Å². The summed E-state index contributed by atoms with van der Waals surface area (Å²) in [5, 5.41) is 7.59. The number of aromatic nitrogens is 1. The second kappa shape index (κ2) is 7.47. The molecule has 0 radical (unpaired) electrons. The van der Waals surface area contributed by atoms with Crippen LogP contribution in [0.3, 0.4) is 0 Å². The molecule has 1 aromatic carbocycles. The van der Waals surface area contributed by atoms with Gasteiger partial charge in [-0.3, -0.25) is 4.98 Å². The van der Waals surface area contributed by atoms with Crippen molar-refractivity contribution < 1.29 is 0 Å². The van der Waals surface area contributed by atoms with E-state index in [1.54, 1.807) is 6.20 Å². The summed E-state index contributed by atoms with van der Waals surface area (Å²) in [5.74, 6) is 1.35. The third-order valence-corrected chi connectivity index (χ3v) is 4.09. The quantitative estimate of drug-likeness (QED) is 0.653. The van der Waals surface area contributed by atoms with Crippen LogP contribution in [0.1, 0.15) is 30.5 Å². The molecule has 1 heterocycles. The van der Waals surface area contributed by atoms with Crippen molar-refractivity contribution in [1.82, 2.24) is 15.6 Å². The van der Waals surface area contributed by atoms with Gasteiger partial charge in [-0.05, 0) is 43.2 Å². The number of hydrogen-bond acceptors (Lipinski definition) is 2. The molecular weight excluding hydrogens is 308 g/mol. The van der Waals surface area contributed by atoms with E-state index in [2.05, 4.69) is 33.6 Å². The first-order valence-corrected chi connectivity index (χ1v) is 8.34. The van der Waals surface area contributed by atoms with Crippen LogP contribution in [0, 0.1) is 0 Å². The number of benzene rings is 1. The smallest absolute Gasteiger partial charge is 0.191 e. The first-order valence-electron chi connectivity index (χ1n) is 7.96. The Morgan fingerprint density at radius 2 is 2.22 bits per heavy atom. The number of rotatable bonds is 5. The highest BCUT2D eigenvalue weighted by atomic mass is 35.5. The molecule has 0 bridgehead atoms. The van der Waals surface area contributed by atoms with E-state index in [4.69, 9.17) is 11.6 Å². The number of nitrogens with one attached hydrogen (secondary N) is 2. The molecule has 5 heteroatoms. The number of halogens is 1. The van der Waals surface area contributed by atoms with Gasteiger partial charge in [-0.1, -0.05) is 29.8 Å². The molecule has 3 rings (SSSR count). The highest BCUT2D eigenvalue weighted by Crippen LogP contribution is 2.41. The van der Waals surface area contributed by atoms with Gasteiger partial charge < -0.3 is 10.6 Å². The van der Waals surface area contributed by atoms with Crippen molar-refractivity contribution in [3.05, 3.63) is 64.9 Å². The van der Waals surface area contributed by atoms with Gasteiger partial charge in [0.15, 0.2) is 5.96 Å². The van der Waals surface area contributed by atoms with Crippen molar-refractivity contribution in [2.75, 3.05) is 6.54 Å². The van der Waals surface area contributed by atoms with Crippen molar-refractivity contribution in [3.63, 3.8) is 0 Å². The van der Waals surface area contributed by atoms with Crippen LogP contribution < -0.4 is 10.6 Å². The third kappa shape index (κ3) is 4.45. The van der Waals surface area contributed by atoms with Crippen molar-refractivity contribution in [1.29, 1.82) is 0 Å². The lowest BCUT2D eigenvalue weighted by Gasteiger charge is -2.11. The Hall–Kier alpha value is -2.07. The molecule has 2 N–H and O–H groups in total. The van der Waals surface area contributed by atoms with Crippen LogP contribution in [0.25, 0.3) is 0 Å². The standard InChI is InChI=1S/C18H21ClN4/c1-2-20-18(22-12-15-8-3-4-9-21-15)23-17-11-16(17)13-6-5-7-14(19)10-13/h3-10,16-17H,2,11-12H2,1H3,(H2,20,22,23). The fraction of sp³-hybridized carbons (Fsp3) is 0.333. The minimum Gasteiger partial charge on any atom is -0.357 e. The van der Waals surface area contributed by atoms with Gasteiger partial charge >= 0.3 is 0 Å². The first kappa shape index (κ1) is 15.8. The van der Waals surface area contributed by atoms with Crippen LogP contribution in [0.5, 0.6) is 0 Å². The van der Waals surface area contributed by atoms with Crippen LogP contribution in [-0.4, -0.2) is 23.5 Å². The first-order chi connectivity index (χ1) is 11.3. The maximum atomic E-state index is 6.07. The highest BCUT2D eigenvalue weighted by molar-refractivity contribution is 6.30. The average Bonchev–Trinajstić information content (AvgIpc) is 3.33. The lowest BCUT2D eigenvalue weighted by atomic mass is 10.1. The van der Waals surface area contributed by atoms with Crippen LogP contribution in [0.2, 0.25) is 5.02 Å². The zero-order valence-corrected chi connectivity index (χ0v) is 13.9. The summed E-state index contributed by atoms with van der Waals surface area (Å²) in [6.07, 6.45) is 2.90. The molecule has 4 nitrogen and oxygen atoms in total. The summed E-state index contributed by atoms with van der Waals surface area (Å²) in [5.41, 5.74) is 2.25. The molecule has 23 heavy (non-hydrogen) atoms. The lowest BCUT2D eigenvalue weighted by Crippen LogP contribution is -2.39. The second-order valence-corrected chi connectivity index (χ2v) is 6.10. The van der Waals surface area contributed by atoms with E-state index in [0.29, 0.717) is 18.5 Å². The minimum atomic E-state index is 0.412. The fourth-order valence-electron chi connectivity index (χ4n) is 2.61. The SMILES string of the molecule is CCNC(=NCc1ccccn1)NC1CC1c1cccc(Cl)c1. The molecule has 0 aliphatic heterocycles. The van der Waals surface area contributed by atoms with E-state index in [0.717, 1.165) is 29.6 Å². The van der Waals surface area contributed by atoms with Gasteiger partial charge in [-0.15, -0.1) is 0 Å². The zero-order valence-electron chi connectivity index (χ0n) is 13.2. The van der Waals surface area contributed by atoms with Gasteiger partial charge in [0.1, 0.15) is 0 Å². The number of hydrogen-bond donors (Lipinski definition) is 2. The Morgan fingerprint density at radius 3 is 2.96 bits per heavy atom. The molecule has 0 amide bonds. The fourth-order valence-corrected chi connectivity index (χ4v) is 2.81. The predicted molar refractivity (Wildman–Crippen MR) is 94.8 cm³/mol. The molecule has 0 saturated heterocycles. The molecule has 1 fully saturated rings. The monoisotopic (exact) mass is 328 g/mol. The van der Waals surface area contributed by atoms with Crippen LogP contribution in [-0.2, 0) is 6.54 Å². The highest BCUT2D eigenvalue weighted by Gasteiger charge is 2.39. The van der Waals surface area contributed by atoms with Gasteiger partial charge in [-0.2, -0.15) is 0 Å². The van der Waals surface area contributed by atoms with Gasteiger partial charge in [0.25, 0.3) is 0 Å². The Labute approximate surface area is 142 Å². The Kier molecular flexibility index (Phi) is 5.13. The summed E-state index contributed by atoms with van der Waals surface area (Å²) < 4.78 is 0. The molecule has 1 aliphatic carbocycles. The predicted octanol–water partition coefficient (Wildman–Crippen LogP) is 3.35. The van der Waals surface area contributed by atoms with Gasteiger partial charge in [0, 0.05) is 29.7 Å².